The summed E-state index contributed by atoms with van der Waals surface area (Å²) in [5.74, 6) is 1.08. The number of nitrogens with zero attached hydrogens (tertiary/aromatic N) is 4. The maximum atomic E-state index is 9.67. The number of nitrogen functional groups attached to an aromatic ring is 2. The molecule has 2 aliphatic rings. The molecule has 7 heteroatoms. The molecule has 7 nitrogen and oxygen atoms in total. The number of fused-ring (bicyclic) bond motifs is 3. The summed E-state index contributed by atoms with van der Waals surface area (Å²) in [6.07, 6.45) is 6.12. The minimum Gasteiger partial charge on any atom is -0.396 e. The lowest BCUT2D eigenvalue weighted by molar-refractivity contribution is 0.123. The predicted octanol–water partition coefficient (Wildman–Crippen LogP) is 0.714. The number of imidazole rings is 1. The van der Waals surface area contributed by atoms with Gasteiger partial charge in [-0.1, -0.05) is 0 Å². The predicted molar refractivity (Wildman–Crippen MR) is 74.7 cm³/mol. The van der Waals surface area contributed by atoms with Gasteiger partial charge in [0.15, 0.2) is 11.5 Å². The fourth-order valence-electron chi connectivity index (χ4n) is 4.11. The van der Waals surface area contributed by atoms with E-state index in [0.29, 0.717) is 28.9 Å². The summed E-state index contributed by atoms with van der Waals surface area (Å²) in [6, 6.07) is 0.328. The molecule has 0 radical (unpaired) electrons. The van der Waals surface area contributed by atoms with Gasteiger partial charge in [-0.05, 0) is 37.0 Å². The highest BCUT2D eigenvalue weighted by Gasteiger charge is 2.51. The van der Waals surface area contributed by atoms with Gasteiger partial charge < -0.3 is 21.1 Å². The molecule has 0 spiro atoms. The van der Waals surface area contributed by atoms with Gasteiger partial charge in [-0.3, -0.25) is 0 Å². The van der Waals surface area contributed by atoms with Crippen LogP contribution in [0.3, 0.4) is 0 Å². The molecule has 2 bridgehead atoms. The normalized spacial score (nSPS) is 32.2. The standard InChI is InChI=1S/C13H18N6O/c14-10-9-11(18-12(15)17-10)19(6-16-9)8-4-13(5-20)2-1-7(8)3-13/h6-8,20H,1-5H2,(H4,14,15,17,18)/t7-,8-,13-/m1/s1. The van der Waals surface area contributed by atoms with Crippen molar-refractivity contribution >= 4 is 22.9 Å². The lowest BCUT2D eigenvalue weighted by Crippen LogP contribution is -2.23. The highest BCUT2D eigenvalue weighted by Crippen LogP contribution is 2.58. The smallest absolute Gasteiger partial charge is 0.224 e. The van der Waals surface area contributed by atoms with Crippen LogP contribution in [0.5, 0.6) is 0 Å². The van der Waals surface area contributed by atoms with E-state index in [9.17, 15) is 5.11 Å². The first-order chi connectivity index (χ1) is 9.62. The average Bonchev–Trinajstić information content (AvgIpc) is 3.09. The first-order valence-electron chi connectivity index (χ1n) is 6.98. The minimum absolute atomic E-state index is 0.0933. The summed E-state index contributed by atoms with van der Waals surface area (Å²) in [5, 5.41) is 9.67. The number of nitrogens with two attached hydrogens (primary N) is 2. The average molecular weight is 274 g/mol. The Balaban J connectivity index is 1.81. The second-order valence-electron chi connectivity index (χ2n) is 6.22. The van der Waals surface area contributed by atoms with Crippen LogP contribution in [0.1, 0.15) is 31.7 Å². The van der Waals surface area contributed by atoms with E-state index < -0.39 is 0 Å². The third-order valence-electron chi connectivity index (χ3n) is 5.09. The van der Waals surface area contributed by atoms with Crippen molar-refractivity contribution in [2.75, 3.05) is 18.1 Å². The number of aliphatic hydroxyl groups is 1. The number of anilines is 2. The molecule has 2 aliphatic carbocycles. The molecule has 106 valence electrons. The van der Waals surface area contributed by atoms with Crippen LogP contribution in [0.15, 0.2) is 6.33 Å². The van der Waals surface area contributed by atoms with Crippen LogP contribution in [0, 0.1) is 11.3 Å². The summed E-state index contributed by atoms with van der Waals surface area (Å²) in [5.41, 5.74) is 13.0. The number of aliphatic hydroxyl groups excluding tert-OH is 1. The van der Waals surface area contributed by atoms with Crippen LogP contribution in [0.4, 0.5) is 11.8 Å². The number of aromatic nitrogens is 4. The molecule has 5 N–H and O–H groups in total. The lowest BCUT2D eigenvalue weighted by atomic mass is 9.83. The molecule has 0 unspecified atom stereocenters. The Bertz CT molecular complexity index is 683. The third-order valence-corrected chi connectivity index (χ3v) is 5.09. The van der Waals surface area contributed by atoms with E-state index in [1.165, 1.54) is 0 Å². The van der Waals surface area contributed by atoms with E-state index in [2.05, 4.69) is 19.5 Å². The van der Waals surface area contributed by atoms with Crippen molar-refractivity contribution in [3.63, 3.8) is 0 Å². The Kier molecular flexibility index (Phi) is 2.27. The largest absolute Gasteiger partial charge is 0.396 e. The highest BCUT2D eigenvalue weighted by atomic mass is 16.3. The van der Waals surface area contributed by atoms with Crippen molar-refractivity contribution in [3.05, 3.63) is 6.33 Å². The van der Waals surface area contributed by atoms with E-state index in [-0.39, 0.29) is 18.0 Å². The van der Waals surface area contributed by atoms with Crippen molar-refractivity contribution < 1.29 is 5.11 Å². The van der Waals surface area contributed by atoms with Gasteiger partial charge in [-0.25, -0.2) is 4.98 Å². The van der Waals surface area contributed by atoms with Crippen LogP contribution >= 0.6 is 0 Å². The fraction of sp³-hybridized carbons (Fsp3) is 0.615. The Morgan fingerprint density at radius 2 is 2.20 bits per heavy atom. The van der Waals surface area contributed by atoms with Gasteiger partial charge in [0.2, 0.25) is 5.95 Å². The second kappa shape index (κ2) is 3.82. The highest BCUT2D eigenvalue weighted by molar-refractivity contribution is 5.82. The molecule has 2 saturated carbocycles. The quantitative estimate of drug-likeness (QED) is 0.743. The first kappa shape index (κ1) is 11.9. The lowest BCUT2D eigenvalue weighted by Gasteiger charge is -2.29. The van der Waals surface area contributed by atoms with Gasteiger partial charge in [0, 0.05) is 12.6 Å². The summed E-state index contributed by atoms with van der Waals surface area (Å²) >= 11 is 0. The molecule has 2 aromatic rings. The molecule has 20 heavy (non-hydrogen) atoms. The van der Waals surface area contributed by atoms with Crippen LogP contribution in [0.25, 0.3) is 11.2 Å². The molecule has 2 heterocycles. The molecule has 2 aromatic heterocycles. The first-order valence-corrected chi connectivity index (χ1v) is 6.98. The third kappa shape index (κ3) is 1.46. The maximum absolute atomic E-state index is 9.67. The number of hydrogen-bond acceptors (Lipinski definition) is 6. The van der Waals surface area contributed by atoms with Crippen LogP contribution in [-0.2, 0) is 0 Å². The summed E-state index contributed by atoms with van der Waals surface area (Å²) in [6.45, 7) is 0.270. The molecular formula is C13H18N6O. The van der Waals surface area contributed by atoms with Crippen LogP contribution < -0.4 is 11.5 Å². The second-order valence-corrected chi connectivity index (χ2v) is 6.22. The van der Waals surface area contributed by atoms with Crippen molar-refractivity contribution in [1.29, 1.82) is 0 Å². The molecule has 3 atom stereocenters. The van der Waals surface area contributed by atoms with E-state index in [0.717, 1.165) is 25.7 Å². The van der Waals surface area contributed by atoms with Crippen molar-refractivity contribution in [3.8, 4) is 0 Å². The van der Waals surface area contributed by atoms with Crippen molar-refractivity contribution in [1.82, 2.24) is 19.5 Å². The van der Waals surface area contributed by atoms with Crippen LogP contribution in [0.2, 0.25) is 0 Å². The van der Waals surface area contributed by atoms with Crippen LogP contribution in [-0.4, -0.2) is 31.2 Å². The van der Waals surface area contributed by atoms with Gasteiger partial charge in [-0.15, -0.1) is 0 Å². The zero-order valence-electron chi connectivity index (χ0n) is 11.2. The topological polar surface area (TPSA) is 116 Å². The Morgan fingerprint density at radius 3 is 2.95 bits per heavy atom. The molecule has 0 amide bonds. The molecular weight excluding hydrogens is 256 g/mol. The molecule has 0 aromatic carbocycles. The SMILES string of the molecule is Nc1nc(N)c2ncn([C@@H]3C[C@@]4(CO)CC[C@@H]3C4)c2n1. The van der Waals surface area contributed by atoms with Gasteiger partial charge in [0.1, 0.15) is 5.52 Å². The van der Waals surface area contributed by atoms with Gasteiger partial charge in [0.05, 0.1) is 6.33 Å². The molecule has 4 rings (SSSR count). The number of rotatable bonds is 2. The zero-order valence-corrected chi connectivity index (χ0v) is 11.2. The zero-order chi connectivity index (χ0) is 13.9. The Hall–Kier alpha value is -1.89. The van der Waals surface area contributed by atoms with E-state index in [1.54, 1.807) is 6.33 Å². The number of hydrogen-bond donors (Lipinski definition) is 3. The monoisotopic (exact) mass is 274 g/mol. The van der Waals surface area contributed by atoms with E-state index in [4.69, 9.17) is 11.5 Å². The Morgan fingerprint density at radius 1 is 1.35 bits per heavy atom. The molecule has 0 aliphatic heterocycles. The van der Waals surface area contributed by atoms with Crippen molar-refractivity contribution in [2.24, 2.45) is 11.3 Å². The Labute approximate surface area is 116 Å². The minimum atomic E-state index is 0.0933. The van der Waals surface area contributed by atoms with Gasteiger partial charge in [0.25, 0.3) is 0 Å². The fourth-order valence-corrected chi connectivity index (χ4v) is 4.11. The van der Waals surface area contributed by atoms with E-state index >= 15 is 0 Å². The summed E-state index contributed by atoms with van der Waals surface area (Å²) < 4.78 is 2.07. The van der Waals surface area contributed by atoms with Gasteiger partial charge in [-0.2, -0.15) is 9.97 Å². The molecule has 2 fully saturated rings. The van der Waals surface area contributed by atoms with E-state index in [1.807, 2.05) is 0 Å². The summed E-state index contributed by atoms with van der Waals surface area (Å²) in [7, 11) is 0. The maximum Gasteiger partial charge on any atom is 0.224 e. The summed E-state index contributed by atoms with van der Waals surface area (Å²) in [4.78, 5) is 12.6. The van der Waals surface area contributed by atoms with Gasteiger partial charge >= 0.3 is 0 Å². The van der Waals surface area contributed by atoms with Crippen molar-refractivity contribution in [2.45, 2.75) is 31.7 Å². The molecule has 0 saturated heterocycles.